The first-order chi connectivity index (χ1) is 8.74. The Hall–Kier alpha value is -1.06. The van der Waals surface area contributed by atoms with Gasteiger partial charge in [0, 0.05) is 24.2 Å². The van der Waals surface area contributed by atoms with Crippen LogP contribution in [-0.2, 0) is 0 Å². The Balaban J connectivity index is 2.08. The van der Waals surface area contributed by atoms with Gasteiger partial charge < -0.3 is 15.8 Å². The molecule has 0 heterocycles. The van der Waals surface area contributed by atoms with Gasteiger partial charge in [-0.05, 0) is 31.2 Å². The number of ether oxygens (including phenoxy) is 1. The molecule has 0 amide bonds. The molecular formula is C15H24N2O. The minimum Gasteiger partial charge on any atom is -0.496 e. The number of nitrogens with one attached hydrogen (secondary N) is 1. The van der Waals surface area contributed by atoms with Gasteiger partial charge in [-0.1, -0.05) is 25.1 Å². The minimum absolute atomic E-state index is 0.191. The van der Waals surface area contributed by atoms with E-state index in [1.807, 2.05) is 18.2 Å². The second-order valence-corrected chi connectivity index (χ2v) is 5.31. The maximum atomic E-state index is 5.92. The summed E-state index contributed by atoms with van der Waals surface area (Å²) >= 11 is 0. The molecule has 1 saturated carbocycles. The topological polar surface area (TPSA) is 47.3 Å². The fraction of sp³-hybridized carbons (Fsp3) is 0.600. The Morgan fingerprint density at radius 2 is 2.17 bits per heavy atom. The average molecular weight is 248 g/mol. The first-order valence-electron chi connectivity index (χ1n) is 6.83. The molecule has 0 spiro atoms. The molecule has 0 radical (unpaired) electrons. The first kappa shape index (κ1) is 13.4. The summed E-state index contributed by atoms with van der Waals surface area (Å²) in [5, 5.41) is 3.68. The van der Waals surface area contributed by atoms with Gasteiger partial charge in [0.1, 0.15) is 5.75 Å². The Morgan fingerprint density at radius 3 is 2.78 bits per heavy atom. The second-order valence-electron chi connectivity index (χ2n) is 5.31. The predicted octanol–water partition coefficient (Wildman–Crippen LogP) is 2.47. The van der Waals surface area contributed by atoms with Crippen LogP contribution in [0.25, 0.3) is 0 Å². The molecule has 3 nitrogen and oxygen atoms in total. The molecule has 3 N–H and O–H groups in total. The van der Waals surface area contributed by atoms with Crippen molar-refractivity contribution in [3.8, 4) is 5.75 Å². The van der Waals surface area contributed by atoms with E-state index in [1.165, 1.54) is 24.8 Å². The summed E-state index contributed by atoms with van der Waals surface area (Å²) in [4.78, 5) is 0. The van der Waals surface area contributed by atoms with E-state index in [0.29, 0.717) is 12.6 Å². The molecule has 3 heteroatoms. The standard InChI is InChI=1S/C15H24N2O/c1-11-7-8-12(9-11)17-14(10-16)13-5-3-4-6-15(13)18-2/h3-6,11-12,14,17H,7-10,16H2,1-2H3. The third kappa shape index (κ3) is 3.03. The maximum Gasteiger partial charge on any atom is 0.123 e. The molecule has 3 unspecified atom stereocenters. The van der Waals surface area contributed by atoms with Gasteiger partial charge in [-0.25, -0.2) is 0 Å². The van der Waals surface area contributed by atoms with Gasteiger partial charge in [-0.3, -0.25) is 0 Å². The largest absolute Gasteiger partial charge is 0.496 e. The van der Waals surface area contributed by atoms with Gasteiger partial charge in [0.15, 0.2) is 0 Å². The van der Waals surface area contributed by atoms with E-state index in [2.05, 4.69) is 18.3 Å². The van der Waals surface area contributed by atoms with E-state index in [9.17, 15) is 0 Å². The molecule has 1 aromatic carbocycles. The average Bonchev–Trinajstić information content (AvgIpc) is 2.81. The number of nitrogens with two attached hydrogens (primary N) is 1. The van der Waals surface area contributed by atoms with E-state index in [4.69, 9.17) is 10.5 Å². The van der Waals surface area contributed by atoms with Crippen molar-refractivity contribution in [2.45, 2.75) is 38.3 Å². The van der Waals surface area contributed by atoms with Gasteiger partial charge in [0.05, 0.1) is 7.11 Å². The summed E-state index contributed by atoms with van der Waals surface area (Å²) in [7, 11) is 1.71. The number of hydrogen-bond donors (Lipinski definition) is 2. The molecule has 1 aromatic rings. The fourth-order valence-electron chi connectivity index (χ4n) is 2.88. The van der Waals surface area contributed by atoms with Crippen molar-refractivity contribution in [1.29, 1.82) is 0 Å². The van der Waals surface area contributed by atoms with Gasteiger partial charge in [0.2, 0.25) is 0 Å². The van der Waals surface area contributed by atoms with Crippen molar-refractivity contribution in [3.63, 3.8) is 0 Å². The Bertz CT molecular complexity index is 381. The van der Waals surface area contributed by atoms with Crippen LogP contribution in [0, 0.1) is 5.92 Å². The fourth-order valence-corrected chi connectivity index (χ4v) is 2.88. The predicted molar refractivity (Wildman–Crippen MR) is 74.7 cm³/mol. The smallest absolute Gasteiger partial charge is 0.123 e. The Kier molecular flexibility index (Phi) is 4.61. The minimum atomic E-state index is 0.191. The molecule has 0 aromatic heterocycles. The highest BCUT2D eigenvalue weighted by Crippen LogP contribution is 2.29. The van der Waals surface area contributed by atoms with E-state index >= 15 is 0 Å². The number of rotatable bonds is 5. The summed E-state index contributed by atoms with van der Waals surface area (Å²) in [6.45, 7) is 2.92. The molecular weight excluding hydrogens is 224 g/mol. The van der Waals surface area contributed by atoms with Crippen molar-refractivity contribution in [2.75, 3.05) is 13.7 Å². The zero-order valence-electron chi connectivity index (χ0n) is 11.4. The quantitative estimate of drug-likeness (QED) is 0.841. The van der Waals surface area contributed by atoms with Crippen LogP contribution >= 0.6 is 0 Å². The molecule has 0 saturated heterocycles. The SMILES string of the molecule is COc1ccccc1C(CN)NC1CCC(C)C1. The van der Waals surface area contributed by atoms with Crippen LogP contribution < -0.4 is 15.8 Å². The first-order valence-corrected chi connectivity index (χ1v) is 6.83. The van der Waals surface area contributed by atoms with Crippen LogP contribution in [0.3, 0.4) is 0 Å². The van der Waals surface area contributed by atoms with Gasteiger partial charge in [0.25, 0.3) is 0 Å². The molecule has 0 aliphatic heterocycles. The number of methoxy groups -OCH3 is 1. The molecule has 3 atom stereocenters. The molecule has 1 aliphatic rings. The highest BCUT2D eigenvalue weighted by molar-refractivity contribution is 5.36. The van der Waals surface area contributed by atoms with Crippen LogP contribution in [-0.4, -0.2) is 19.7 Å². The van der Waals surface area contributed by atoms with Crippen molar-refractivity contribution in [1.82, 2.24) is 5.32 Å². The molecule has 0 bridgehead atoms. The number of benzene rings is 1. The molecule has 1 aliphatic carbocycles. The van der Waals surface area contributed by atoms with Gasteiger partial charge in [-0.2, -0.15) is 0 Å². The molecule has 18 heavy (non-hydrogen) atoms. The zero-order valence-corrected chi connectivity index (χ0v) is 11.4. The van der Waals surface area contributed by atoms with E-state index < -0.39 is 0 Å². The third-order valence-corrected chi connectivity index (χ3v) is 3.88. The monoisotopic (exact) mass is 248 g/mol. The molecule has 1 fully saturated rings. The van der Waals surface area contributed by atoms with Crippen LogP contribution in [0.2, 0.25) is 0 Å². The highest BCUT2D eigenvalue weighted by Gasteiger charge is 2.24. The van der Waals surface area contributed by atoms with E-state index in [-0.39, 0.29) is 6.04 Å². The lowest BCUT2D eigenvalue weighted by molar-refractivity contribution is 0.386. The number of hydrogen-bond acceptors (Lipinski definition) is 3. The lowest BCUT2D eigenvalue weighted by Crippen LogP contribution is -2.35. The summed E-state index contributed by atoms with van der Waals surface area (Å²) < 4.78 is 5.42. The number of para-hydroxylation sites is 1. The molecule has 100 valence electrons. The molecule has 2 rings (SSSR count). The summed E-state index contributed by atoms with van der Waals surface area (Å²) in [5.41, 5.74) is 7.09. The van der Waals surface area contributed by atoms with Crippen LogP contribution in [0.5, 0.6) is 5.75 Å². The summed E-state index contributed by atoms with van der Waals surface area (Å²) in [5.74, 6) is 1.75. The van der Waals surface area contributed by atoms with Crippen molar-refractivity contribution in [3.05, 3.63) is 29.8 Å². The van der Waals surface area contributed by atoms with Crippen LogP contribution in [0.4, 0.5) is 0 Å². The Morgan fingerprint density at radius 1 is 1.39 bits per heavy atom. The van der Waals surface area contributed by atoms with E-state index in [0.717, 1.165) is 11.7 Å². The lowest BCUT2D eigenvalue weighted by Gasteiger charge is -2.23. The maximum absolute atomic E-state index is 5.92. The summed E-state index contributed by atoms with van der Waals surface area (Å²) in [6, 6.07) is 8.92. The Labute approximate surface area is 110 Å². The van der Waals surface area contributed by atoms with Crippen molar-refractivity contribution >= 4 is 0 Å². The third-order valence-electron chi connectivity index (χ3n) is 3.88. The van der Waals surface area contributed by atoms with Crippen molar-refractivity contribution < 1.29 is 4.74 Å². The van der Waals surface area contributed by atoms with Crippen molar-refractivity contribution in [2.24, 2.45) is 11.7 Å². The van der Waals surface area contributed by atoms with Crippen LogP contribution in [0.1, 0.15) is 37.8 Å². The van der Waals surface area contributed by atoms with Gasteiger partial charge in [-0.15, -0.1) is 0 Å². The summed E-state index contributed by atoms with van der Waals surface area (Å²) in [6.07, 6.45) is 3.83. The van der Waals surface area contributed by atoms with Gasteiger partial charge >= 0.3 is 0 Å². The lowest BCUT2D eigenvalue weighted by atomic mass is 10.0. The normalized spacial score (nSPS) is 25.1. The highest BCUT2D eigenvalue weighted by atomic mass is 16.5. The second kappa shape index (κ2) is 6.21. The van der Waals surface area contributed by atoms with Crippen LogP contribution in [0.15, 0.2) is 24.3 Å². The zero-order chi connectivity index (χ0) is 13.0. The van der Waals surface area contributed by atoms with E-state index in [1.54, 1.807) is 7.11 Å².